The second kappa shape index (κ2) is 3.02. The van der Waals surface area contributed by atoms with Gasteiger partial charge in [0.15, 0.2) is 6.29 Å². The second-order valence-corrected chi connectivity index (χ2v) is 2.51. The number of hydrogen-bond donors (Lipinski definition) is 3. The van der Waals surface area contributed by atoms with Gasteiger partial charge in [-0.05, 0) is 0 Å². The third kappa shape index (κ3) is 1.26. The molecule has 1 heterocycles. The topological polar surface area (TPSA) is 69.9 Å². The number of rotatable bonds is 1. The van der Waals surface area contributed by atoms with E-state index < -0.39 is 24.6 Å². The maximum Gasteiger partial charge on any atom is 0.184 e. The van der Waals surface area contributed by atoms with E-state index in [2.05, 4.69) is 4.74 Å². The maximum absolute atomic E-state index is 9.01. The van der Waals surface area contributed by atoms with E-state index in [-0.39, 0.29) is 5.88 Å². The maximum atomic E-state index is 9.01. The van der Waals surface area contributed by atoms with Gasteiger partial charge in [0.05, 0.1) is 5.88 Å². The molecule has 1 aliphatic heterocycles. The summed E-state index contributed by atoms with van der Waals surface area (Å²) in [5.41, 5.74) is 0. The largest absolute Gasteiger partial charge is 0.387 e. The van der Waals surface area contributed by atoms with Gasteiger partial charge in [0.25, 0.3) is 0 Å². The number of aliphatic hydroxyl groups excluding tert-OH is 3. The van der Waals surface area contributed by atoms with E-state index in [0.29, 0.717) is 0 Å². The van der Waals surface area contributed by atoms with Crippen LogP contribution in [0.1, 0.15) is 0 Å². The lowest BCUT2D eigenvalue weighted by molar-refractivity contribution is -0.123. The summed E-state index contributed by atoms with van der Waals surface area (Å²) in [4.78, 5) is 0. The van der Waals surface area contributed by atoms with Crippen LogP contribution in [0.3, 0.4) is 0 Å². The Morgan fingerprint density at radius 2 is 1.80 bits per heavy atom. The van der Waals surface area contributed by atoms with Crippen molar-refractivity contribution in [2.45, 2.75) is 24.6 Å². The molecule has 0 unspecified atom stereocenters. The average Bonchev–Trinajstić information content (AvgIpc) is 2.17. The minimum absolute atomic E-state index is 0.0648. The lowest BCUT2D eigenvalue weighted by Gasteiger charge is -2.09. The first-order valence-electron chi connectivity index (χ1n) is 2.92. The summed E-state index contributed by atoms with van der Waals surface area (Å²) in [7, 11) is 0. The fraction of sp³-hybridized carbons (Fsp3) is 1.00. The summed E-state index contributed by atoms with van der Waals surface area (Å²) in [6, 6.07) is 0. The molecule has 0 aromatic heterocycles. The number of aliphatic hydroxyl groups is 3. The van der Waals surface area contributed by atoms with E-state index in [0.717, 1.165) is 0 Å². The molecule has 3 N–H and O–H groups in total. The summed E-state index contributed by atoms with van der Waals surface area (Å²) >= 11 is 5.33. The highest BCUT2D eigenvalue weighted by Gasteiger charge is 2.40. The van der Waals surface area contributed by atoms with E-state index >= 15 is 0 Å². The van der Waals surface area contributed by atoms with Gasteiger partial charge in [-0.3, -0.25) is 0 Å². The lowest BCUT2D eigenvalue weighted by Crippen LogP contribution is -2.32. The molecule has 0 radical (unpaired) electrons. The Balaban J connectivity index is 2.53. The first-order chi connectivity index (χ1) is 4.66. The molecule has 0 aliphatic carbocycles. The zero-order valence-electron chi connectivity index (χ0n) is 5.14. The van der Waals surface area contributed by atoms with Crippen molar-refractivity contribution in [3.05, 3.63) is 0 Å². The van der Waals surface area contributed by atoms with Crippen LogP contribution in [0.2, 0.25) is 0 Å². The molecule has 1 aliphatic rings. The average molecular weight is 169 g/mol. The third-order valence-electron chi connectivity index (χ3n) is 1.49. The van der Waals surface area contributed by atoms with Gasteiger partial charge in [-0.2, -0.15) is 0 Å². The number of hydrogen-bond acceptors (Lipinski definition) is 4. The van der Waals surface area contributed by atoms with E-state index in [9.17, 15) is 0 Å². The zero-order chi connectivity index (χ0) is 7.72. The second-order valence-electron chi connectivity index (χ2n) is 2.20. The SMILES string of the molecule is O[C@@H]1[C@H](O)[C@@H](O)O[C@@H]1CCl. The molecule has 4 nitrogen and oxygen atoms in total. The number of alkyl halides is 1. The third-order valence-corrected chi connectivity index (χ3v) is 1.79. The van der Waals surface area contributed by atoms with E-state index in [1.54, 1.807) is 0 Å². The van der Waals surface area contributed by atoms with Crippen LogP contribution in [0, 0.1) is 0 Å². The summed E-state index contributed by atoms with van der Waals surface area (Å²) in [5, 5.41) is 26.7. The molecule has 0 amide bonds. The summed E-state index contributed by atoms with van der Waals surface area (Å²) in [5.74, 6) is 0.0648. The Bertz CT molecular complexity index is 120. The predicted molar refractivity (Wildman–Crippen MR) is 33.6 cm³/mol. The molecule has 5 heteroatoms. The molecule has 0 spiro atoms. The van der Waals surface area contributed by atoms with Crippen LogP contribution in [0.4, 0.5) is 0 Å². The van der Waals surface area contributed by atoms with Gasteiger partial charge in [0.2, 0.25) is 0 Å². The molecule has 0 bridgehead atoms. The van der Waals surface area contributed by atoms with Crippen molar-refractivity contribution in [3.8, 4) is 0 Å². The van der Waals surface area contributed by atoms with Gasteiger partial charge in [0, 0.05) is 0 Å². The molecule has 0 aromatic carbocycles. The Morgan fingerprint density at radius 1 is 1.20 bits per heavy atom. The van der Waals surface area contributed by atoms with Gasteiger partial charge in [-0.1, -0.05) is 0 Å². The van der Waals surface area contributed by atoms with Gasteiger partial charge in [0.1, 0.15) is 18.3 Å². The zero-order valence-corrected chi connectivity index (χ0v) is 5.90. The molecule has 1 fully saturated rings. The first-order valence-corrected chi connectivity index (χ1v) is 3.46. The van der Waals surface area contributed by atoms with Crippen LogP contribution in [0.15, 0.2) is 0 Å². The number of halogens is 1. The summed E-state index contributed by atoms with van der Waals surface area (Å²) in [6.45, 7) is 0. The van der Waals surface area contributed by atoms with Crippen LogP contribution >= 0.6 is 11.6 Å². The van der Waals surface area contributed by atoms with E-state index in [1.165, 1.54) is 0 Å². The Kier molecular flexibility index (Phi) is 2.49. The van der Waals surface area contributed by atoms with Crippen molar-refractivity contribution in [2.75, 3.05) is 5.88 Å². The normalized spacial score (nSPS) is 48.0. The lowest BCUT2D eigenvalue weighted by atomic mass is 10.2. The highest BCUT2D eigenvalue weighted by Crippen LogP contribution is 2.19. The Morgan fingerprint density at radius 3 is 2.00 bits per heavy atom. The van der Waals surface area contributed by atoms with Gasteiger partial charge < -0.3 is 20.1 Å². The van der Waals surface area contributed by atoms with Crippen LogP contribution in [-0.2, 0) is 4.74 Å². The van der Waals surface area contributed by atoms with Crippen LogP contribution < -0.4 is 0 Å². The summed E-state index contributed by atoms with van der Waals surface area (Å²) < 4.78 is 4.66. The smallest absolute Gasteiger partial charge is 0.184 e. The highest BCUT2D eigenvalue weighted by atomic mass is 35.5. The molecule has 1 rings (SSSR count). The minimum atomic E-state index is -1.31. The standard InChI is InChI=1S/C5H9ClO4/c6-1-2-3(7)4(8)5(9)10-2/h2-5,7-9H,1H2/t2-,3+,4+,5+/m1/s1. The fourth-order valence-electron chi connectivity index (χ4n) is 0.856. The van der Waals surface area contributed by atoms with Crippen molar-refractivity contribution in [1.82, 2.24) is 0 Å². The van der Waals surface area contributed by atoms with Crippen molar-refractivity contribution in [3.63, 3.8) is 0 Å². The van der Waals surface area contributed by atoms with Gasteiger partial charge in [-0.15, -0.1) is 11.6 Å². The van der Waals surface area contributed by atoms with E-state index in [1.807, 2.05) is 0 Å². The van der Waals surface area contributed by atoms with Crippen molar-refractivity contribution in [2.24, 2.45) is 0 Å². The molecule has 0 saturated carbocycles. The number of ether oxygens (including phenoxy) is 1. The molecular formula is C5H9ClO4. The molecular weight excluding hydrogens is 160 g/mol. The quantitative estimate of drug-likeness (QED) is 0.424. The predicted octanol–water partition coefficient (Wildman–Crippen LogP) is -1.34. The van der Waals surface area contributed by atoms with Crippen LogP contribution in [-0.4, -0.2) is 45.8 Å². The van der Waals surface area contributed by atoms with Crippen LogP contribution in [0.25, 0.3) is 0 Å². The van der Waals surface area contributed by atoms with Crippen molar-refractivity contribution >= 4 is 11.6 Å². The Hall–Kier alpha value is 0.130. The fourth-order valence-corrected chi connectivity index (χ4v) is 1.11. The molecule has 60 valence electrons. The highest BCUT2D eigenvalue weighted by molar-refractivity contribution is 6.18. The van der Waals surface area contributed by atoms with Gasteiger partial charge in [-0.25, -0.2) is 0 Å². The van der Waals surface area contributed by atoms with Crippen molar-refractivity contribution < 1.29 is 20.1 Å². The first kappa shape index (κ1) is 8.23. The van der Waals surface area contributed by atoms with Gasteiger partial charge >= 0.3 is 0 Å². The minimum Gasteiger partial charge on any atom is -0.387 e. The Labute approximate surface area is 63.0 Å². The van der Waals surface area contributed by atoms with Crippen molar-refractivity contribution in [1.29, 1.82) is 0 Å². The monoisotopic (exact) mass is 168 g/mol. The molecule has 1 saturated heterocycles. The van der Waals surface area contributed by atoms with E-state index in [4.69, 9.17) is 26.9 Å². The summed E-state index contributed by atoms with van der Waals surface area (Å²) in [6.07, 6.45) is -4.28. The molecule has 10 heavy (non-hydrogen) atoms. The van der Waals surface area contributed by atoms with Crippen LogP contribution in [0.5, 0.6) is 0 Å². The molecule has 4 atom stereocenters. The molecule has 0 aromatic rings.